The van der Waals surface area contributed by atoms with Crippen molar-refractivity contribution >= 4 is 49.8 Å². The molecule has 180 valence electrons. The molecule has 0 spiro atoms. The van der Waals surface area contributed by atoms with Crippen LogP contribution in [-0.4, -0.2) is 35.3 Å². The number of anilines is 2. The number of aryl methyl sites for hydroxylation is 1. The lowest BCUT2D eigenvalue weighted by Gasteiger charge is -2.15. The Bertz CT molecular complexity index is 1680. The zero-order chi connectivity index (χ0) is 25.4. The van der Waals surface area contributed by atoms with Gasteiger partial charge >= 0.3 is 0 Å². The average Bonchev–Trinajstić information content (AvgIpc) is 3.43. The van der Waals surface area contributed by atoms with Gasteiger partial charge in [0.15, 0.2) is 9.84 Å². The summed E-state index contributed by atoms with van der Waals surface area (Å²) in [6.07, 6.45) is 4.03. The molecule has 0 bridgehead atoms. The van der Waals surface area contributed by atoms with E-state index in [1.807, 2.05) is 32.0 Å². The Hall–Kier alpha value is -3.94. The Labute approximate surface area is 213 Å². The molecule has 0 amide bonds. The second-order valence-corrected chi connectivity index (χ2v) is 11.9. The molecule has 0 atom stereocenters. The number of rotatable bonds is 6. The van der Waals surface area contributed by atoms with Crippen molar-refractivity contribution in [3.05, 3.63) is 82.0 Å². The second kappa shape index (κ2) is 9.26. The van der Waals surface area contributed by atoms with Gasteiger partial charge in [-0.15, -0.1) is 16.3 Å². The maximum absolute atomic E-state index is 12.8. The van der Waals surface area contributed by atoms with Crippen LogP contribution in [-0.2, 0) is 22.7 Å². The molecule has 0 saturated carbocycles. The molecule has 1 N–H and O–H groups in total. The highest BCUT2D eigenvalue weighted by Crippen LogP contribution is 2.39. The minimum atomic E-state index is -3.54. The number of pyridine rings is 2. The van der Waals surface area contributed by atoms with Gasteiger partial charge in [0.1, 0.15) is 16.4 Å². The first-order chi connectivity index (χ1) is 17.2. The Morgan fingerprint density at radius 2 is 1.92 bits per heavy atom. The lowest BCUT2D eigenvalue weighted by atomic mass is 10.1. The normalized spacial score (nSPS) is 12.7. The minimum absolute atomic E-state index is 0.185. The summed E-state index contributed by atoms with van der Waals surface area (Å²) >= 11 is 1.52. The van der Waals surface area contributed by atoms with Crippen molar-refractivity contribution < 1.29 is 8.42 Å². The standard InChI is InChI=1S/C26H22N6O2S2/c1-15-10-21-25(29-15)22(13-19(30-21)12-18-6-5-7-24(27-3)31-18)32-20-9-8-17(11-23(20)36(4,33)34)26-28-14-16(2)35-26/h5-9,11,13-14H,10,12H2,1-2,4H3,(H,30,32). The summed E-state index contributed by atoms with van der Waals surface area (Å²) in [5.74, 6) is 0.333. The van der Waals surface area contributed by atoms with Gasteiger partial charge < -0.3 is 10.2 Å². The van der Waals surface area contributed by atoms with E-state index in [4.69, 9.17) is 11.6 Å². The smallest absolute Gasteiger partial charge is 0.269 e. The Morgan fingerprint density at radius 1 is 1.08 bits per heavy atom. The van der Waals surface area contributed by atoms with Crippen molar-refractivity contribution in [2.45, 2.75) is 31.6 Å². The van der Waals surface area contributed by atoms with Gasteiger partial charge in [0.05, 0.1) is 34.1 Å². The maximum atomic E-state index is 12.8. The molecule has 0 fully saturated rings. The van der Waals surface area contributed by atoms with E-state index in [2.05, 4.69) is 25.1 Å². The van der Waals surface area contributed by atoms with Crippen molar-refractivity contribution in [2.75, 3.05) is 11.6 Å². The highest BCUT2D eigenvalue weighted by Gasteiger charge is 2.22. The van der Waals surface area contributed by atoms with Crippen molar-refractivity contribution in [2.24, 2.45) is 4.99 Å². The average molecular weight is 515 g/mol. The van der Waals surface area contributed by atoms with Crippen LogP contribution in [0.1, 0.15) is 28.9 Å². The van der Waals surface area contributed by atoms with E-state index in [0.29, 0.717) is 35.7 Å². The van der Waals surface area contributed by atoms with E-state index in [1.54, 1.807) is 30.5 Å². The number of hydrogen-bond acceptors (Lipinski definition) is 8. The predicted octanol–water partition coefficient (Wildman–Crippen LogP) is 5.85. The maximum Gasteiger partial charge on any atom is 0.269 e. The molecular weight excluding hydrogens is 492 g/mol. The van der Waals surface area contributed by atoms with Crippen LogP contribution in [0.25, 0.3) is 15.4 Å². The van der Waals surface area contributed by atoms with Gasteiger partial charge in [-0.25, -0.2) is 13.4 Å². The first-order valence-electron chi connectivity index (χ1n) is 11.1. The fourth-order valence-electron chi connectivity index (χ4n) is 4.07. The monoisotopic (exact) mass is 514 g/mol. The third-order valence-electron chi connectivity index (χ3n) is 5.63. The molecule has 8 nitrogen and oxygen atoms in total. The molecule has 0 unspecified atom stereocenters. The number of benzene rings is 1. The number of thiazole rings is 1. The van der Waals surface area contributed by atoms with Crippen LogP contribution in [0, 0.1) is 13.5 Å². The zero-order valence-electron chi connectivity index (χ0n) is 19.9. The third-order valence-corrected chi connectivity index (χ3v) is 7.73. The molecule has 0 saturated heterocycles. The first-order valence-corrected chi connectivity index (χ1v) is 13.8. The van der Waals surface area contributed by atoms with Gasteiger partial charge in [-0.05, 0) is 50.2 Å². The molecule has 0 radical (unpaired) electrons. The summed E-state index contributed by atoms with van der Waals surface area (Å²) in [6.45, 7) is 11.1. The fraction of sp³-hybridized carbons (Fsp3) is 0.192. The van der Waals surface area contributed by atoms with E-state index in [9.17, 15) is 8.42 Å². The number of sulfone groups is 1. The fourth-order valence-corrected chi connectivity index (χ4v) is 5.69. The van der Waals surface area contributed by atoms with Crippen LogP contribution in [0.15, 0.2) is 58.5 Å². The van der Waals surface area contributed by atoms with E-state index in [0.717, 1.165) is 38.2 Å². The van der Waals surface area contributed by atoms with Gasteiger partial charge in [-0.1, -0.05) is 12.6 Å². The molecule has 4 aromatic rings. The molecule has 4 heterocycles. The highest BCUT2D eigenvalue weighted by molar-refractivity contribution is 7.90. The topological polar surface area (TPSA) is 102 Å². The Morgan fingerprint density at radius 3 is 2.64 bits per heavy atom. The van der Waals surface area contributed by atoms with Gasteiger partial charge in [0.2, 0.25) is 0 Å². The molecule has 0 aliphatic carbocycles. The third kappa shape index (κ3) is 4.89. The molecule has 1 aliphatic heterocycles. The molecule has 10 heteroatoms. The predicted molar refractivity (Wildman–Crippen MR) is 143 cm³/mol. The van der Waals surface area contributed by atoms with E-state index in [1.165, 1.54) is 17.6 Å². The van der Waals surface area contributed by atoms with Crippen LogP contribution in [0.2, 0.25) is 0 Å². The largest absolute Gasteiger partial charge is 0.361 e. The Balaban J connectivity index is 1.56. The number of hydrogen-bond donors (Lipinski definition) is 1. The Kier molecular flexibility index (Phi) is 6.12. The van der Waals surface area contributed by atoms with Crippen LogP contribution >= 0.6 is 11.3 Å². The molecule has 36 heavy (non-hydrogen) atoms. The summed E-state index contributed by atoms with van der Waals surface area (Å²) in [7, 11) is -3.54. The van der Waals surface area contributed by atoms with E-state index < -0.39 is 9.84 Å². The van der Waals surface area contributed by atoms with Gasteiger partial charge in [0, 0.05) is 35.0 Å². The quantitative estimate of drug-likeness (QED) is 0.324. The number of nitrogens with zero attached hydrogens (tertiary/aromatic N) is 5. The zero-order valence-corrected chi connectivity index (χ0v) is 21.5. The number of aliphatic imine (C=N–C) groups is 1. The highest BCUT2D eigenvalue weighted by atomic mass is 32.2. The van der Waals surface area contributed by atoms with Crippen molar-refractivity contribution in [1.29, 1.82) is 0 Å². The van der Waals surface area contributed by atoms with Gasteiger partial charge in [-0.2, -0.15) is 0 Å². The van der Waals surface area contributed by atoms with E-state index >= 15 is 0 Å². The molecule has 1 aromatic carbocycles. The van der Waals surface area contributed by atoms with Crippen molar-refractivity contribution in [1.82, 2.24) is 15.0 Å². The molecule has 5 rings (SSSR count). The minimum Gasteiger partial charge on any atom is -0.361 e. The first kappa shape index (κ1) is 23.8. The summed E-state index contributed by atoms with van der Waals surface area (Å²) in [5.41, 5.74) is 5.84. The summed E-state index contributed by atoms with van der Waals surface area (Å²) in [4.78, 5) is 22.9. The summed E-state index contributed by atoms with van der Waals surface area (Å²) in [5, 5.41) is 4.09. The molecule has 3 aromatic heterocycles. The van der Waals surface area contributed by atoms with Crippen LogP contribution < -0.4 is 5.32 Å². The van der Waals surface area contributed by atoms with E-state index in [-0.39, 0.29) is 4.90 Å². The summed E-state index contributed by atoms with van der Waals surface area (Å²) < 4.78 is 25.5. The second-order valence-electron chi connectivity index (χ2n) is 8.64. The lowest BCUT2D eigenvalue weighted by Crippen LogP contribution is -2.05. The molecule has 1 aliphatic rings. The van der Waals surface area contributed by atoms with Crippen molar-refractivity contribution in [3.63, 3.8) is 0 Å². The number of nitrogens with one attached hydrogen (secondary N) is 1. The van der Waals surface area contributed by atoms with Crippen LogP contribution in [0.4, 0.5) is 22.9 Å². The molecular formula is C26H22N6O2S2. The van der Waals surface area contributed by atoms with Crippen LogP contribution in [0.5, 0.6) is 0 Å². The van der Waals surface area contributed by atoms with Crippen molar-refractivity contribution in [3.8, 4) is 10.6 Å². The van der Waals surface area contributed by atoms with Gasteiger partial charge in [0.25, 0.3) is 5.82 Å². The lowest BCUT2D eigenvalue weighted by molar-refractivity contribution is 0.602. The SMILES string of the molecule is [C-]#[N+]c1cccc(Cc2cc(Nc3ccc(-c4ncc(C)s4)cc3S(C)(=O)=O)c3c(n2)CC(C)=N3)n1. The number of aromatic nitrogens is 3. The summed E-state index contributed by atoms with van der Waals surface area (Å²) in [6, 6.07) is 12.5. The van der Waals surface area contributed by atoms with Gasteiger partial charge in [-0.3, -0.25) is 9.98 Å². The number of fused-ring (bicyclic) bond motifs is 1. The van der Waals surface area contributed by atoms with Crippen LogP contribution in [0.3, 0.4) is 0 Å².